The van der Waals surface area contributed by atoms with Crippen molar-refractivity contribution in [2.75, 3.05) is 26.2 Å². The summed E-state index contributed by atoms with van der Waals surface area (Å²) in [6.45, 7) is 12.5. The number of aliphatic imine (C=N–C) groups is 1. The van der Waals surface area contributed by atoms with Crippen LogP contribution in [0, 0.1) is 6.92 Å². The van der Waals surface area contributed by atoms with E-state index in [1.807, 2.05) is 18.2 Å². The number of hydrogen-bond donors (Lipinski definition) is 1. The number of aryl methyl sites for hydroxylation is 1. The Morgan fingerprint density at radius 3 is 2.38 bits per heavy atom. The zero-order valence-corrected chi connectivity index (χ0v) is 20.9. The van der Waals surface area contributed by atoms with Gasteiger partial charge in [0.25, 0.3) is 5.91 Å². The van der Waals surface area contributed by atoms with Gasteiger partial charge in [-0.15, -0.1) is 0 Å². The molecule has 0 radical (unpaired) electrons. The van der Waals surface area contributed by atoms with Crippen LogP contribution in [0.4, 0.5) is 5.69 Å². The number of amides is 1. The predicted octanol–water partition coefficient (Wildman–Crippen LogP) is 6.62. The normalized spacial score (nSPS) is 12.7. The molecule has 0 unspecified atom stereocenters. The molecule has 0 aromatic heterocycles. The van der Waals surface area contributed by atoms with Crippen molar-refractivity contribution in [2.24, 2.45) is 4.99 Å². The van der Waals surface area contributed by atoms with Crippen LogP contribution in [0.25, 0.3) is 0 Å². The van der Waals surface area contributed by atoms with Crippen LogP contribution < -0.4 is 5.32 Å². The van der Waals surface area contributed by atoms with Gasteiger partial charge in [0, 0.05) is 39.7 Å². The molecule has 172 valence electrons. The van der Waals surface area contributed by atoms with Crippen molar-refractivity contribution in [1.29, 1.82) is 0 Å². The number of carbonyl (C=O) groups excluding carboxylic acids is 1. The Morgan fingerprint density at radius 2 is 1.69 bits per heavy atom. The molecule has 5 heteroatoms. The summed E-state index contributed by atoms with van der Waals surface area (Å²) in [6.07, 6.45) is 5.68. The molecular formula is C27H37N3OS. The molecule has 2 aromatic carbocycles. The average Bonchev–Trinajstić information content (AvgIpc) is 2.95. The van der Waals surface area contributed by atoms with Gasteiger partial charge in [0.15, 0.2) is 0 Å². The number of benzene rings is 2. The summed E-state index contributed by atoms with van der Waals surface area (Å²) >= 11 is 1.74. The van der Waals surface area contributed by atoms with E-state index in [-0.39, 0.29) is 5.91 Å². The second kappa shape index (κ2) is 12.2. The van der Waals surface area contributed by atoms with Crippen molar-refractivity contribution in [1.82, 2.24) is 10.2 Å². The van der Waals surface area contributed by atoms with Crippen LogP contribution in [0.15, 0.2) is 51.2 Å². The fourth-order valence-corrected chi connectivity index (χ4v) is 4.92. The van der Waals surface area contributed by atoms with Crippen molar-refractivity contribution in [3.05, 3.63) is 53.1 Å². The minimum absolute atomic E-state index is 0.0189. The van der Waals surface area contributed by atoms with E-state index in [9.17, 15) is 4.79 Å². The van der Waals surface area contributed by atoms with Crippen LogP contribution in [0.1, 0.15) is 74.4 Å². The number of unbranched alkanes of at least 4 members (excludes halogenated alkanes) is 2. The molecule has 32 heavy (non-hydrogen) atoms. The maximum atomic E-state index is 12.9. The number of fused-ring (bicyclic) bond motifs is 2. The van der Waals surface area contributed by atoms with Crippen LogP contribution in [-0.2, 0) is 0 Å². The molecule has 0 atom stereocenters. The van der Waals surface area contributed by atoms with Crippen LogP contribution in [0.2, 0.25) is 0 Å². The Bertz CT molecular complexity index is 946. The zero-order valence-electron chi connectivity index (χ0n) is 20.0. The molecular weight excluding hydrogens is 414 g/mol. The fourth-order valence-electron chi connectivity index (χ4n) is 3.91. The first-order chi connectivity index (χ1) is 15.5. The van der Waals surface area contributed by atoms with Crippen LogP contribution in [0.5, 0.6) is 0 Å². The van der Waals surface area contributed by atoms with Gasteiger partial charge >= 0.3 is 0 Å². The number of rotatable bonds is 11. The summed E-state index contributed by atoms with van der Waals surface area (Å²) in [5, 5.41) is 3.12. The molecule has 0 bridgehead atoms. The van der Waals surface area contributed by atoms with Crippen LogP contribution in [0.3, 0.4) is 0 Å². The van der Waals surface area contributed by atoms with Crippen molar-refractivity contribution >= 4 is 29.1 Å². The first-order valence-electron chi connectivity index (χ1n) is 12.1. The highest BCUT2D eigenvalue weighted by atomic mass is 32.2. The minimum Gasteiger partial charge on any atom is -0.351 e. The summed E-state index contributed by atoms with van der Waals surface area (Å²) in [5.74, 6) is -0.0189. The third-order valence-corrected chi connectivity index (χ3v) is 6.99. The molecule has 1 heterocycles. The average molecular weight is 452 g/mol. The summed E-state index contributed by atoms with van der Waals surface area (Å²) in [7, 11) is 0. The molecule has 2 aromatic rings. The molecule has 4 nitrogen and oxygen atoms in total. The zero-order chi connectivity index (χ0) is 22.9. The third-order valence-electron chi connectivity index (χ3n) is 5.85. The number of nitrogens with one attached hydrogen (secondary N) is 1. The quantitative estimate of drug-likeness (QED) is 0.417. The molecule has 1 N–H and O–H groups in total. The molecule has 0 saturated heterocycles. The number of hydrogen-bond acceptors (Lipinski definition) is 4. The topological polar surface area (TPSA) is 44.7 Å². The van der Waals surface area contributed by atoms with E-state index in [2.05, 4.69) is 56.1 Å². The lowest BCUT2D eigenvalue weighted by molar-refractivity contribution is 0.0948. The Balaban J connectivity index is 1.69. The van der Waals surface area contributed by atoms with Crippen molar-refractivity contribution in [2.45, 2.75) is 69.6 Å². The monoisotopic (exact) mass is 451 g/mol. The highest BCUT2D eigenvalue weighted by Gasteiger charge is 2.18. The van der Waals surface area contributed by atoms with E-state index in [1.165, 1.54) is 41.7 Å². The smallest absolute Gasteiger partial charge is 0.251 e. The van der Waals surface area contributed by atoms with Gasteiger partial charge in [-0.1, -0.05) is 57.0 Å². The summed E-state index contributed by atoms with van der Waals surface area (Å²) in [6, 6.07) is 12.4. The van der Waals surface area contributed by atoms with Crippen molar-refractivity contribution in [3.63, 3.8) is 0 Å². The lowest BCUT2D eigenvalue weighted by atomic mass is 10.0. The molecule has 0 aliphatic carbocycles. The molecule has 1 aliphatic rings. The third kappa shape index (κ3) is 6.46. The van der Waals surface area contributed by atoms with E-state index in [0.29, 0.717) is 12.1 Å². The van der Waals surface area contributed by atoms with Gasteiger partial charge in [-0.05, 0) is 69.6 Å². The van der Waals surface area contributed by atoms with E-state index >= 15 is 0 Å². The number of nitrogens with zero attached hydrogens (tertiary/aromatic N) is 2. The maximum absolute atomic E-state index is 12.9. The summed E-state index contributed by atoms with van der Waals surface area (Å²) in [4.78, 5) is 22.6. The van der Waals surface area contributed by atoms with E-state index < -0.39 is 0 Å². The molecule has 0 fully saturated rings. The maximum Gasteiger partial charge on any atom is 0.251 e. The van der Waals surface area contributed by atoms with Crippen molar-refractivity contribution < 1.29 is 4.79 Å². The van der Waals surface area contributed by atoms with Gasteiger partial charge in [0.05, 0.1) is 5.69 Å². The Kier molecular flexibility index (Phi) is 9.36. The molecule has 1 amide bonds. The Morgan fingerprint density at radius 1 is 0.969 bits per heavy atom. The summed E-state index contributed by atoms with van der Waals surface area (Å²) in [5.41, 5.74) is 5.10. The lowest BCUT2D eigenvalue weighted by Crippen LogP contribution is -2.36. The standard InChI is InChI=1S/C27H37N3OS/c1-5-8-15-30(16-9-6-2)17-14-28-27(31)21-11-13-26-24(19-21)29-23(7-3)22-18-20(4)10-12-25(22)32-26/h10-13,18-19H,5-9,14-17H2,1-4H3,(H,28,31). The molecule has 1 aliphatic heterocycles. The SMILES string of the molecule is CCCCN(CCCC)CCNC(=O)c1ccc2c(c1)N=C(CC)c1cc(C)ccc1S2. The second-order valence-corrected chi connectivity index (χ2v) is 9.58. The number of carbonyl (C=O) groups is 1. The molecule has 0 spiro atoms. The Labute approximate surface area is 197 Å². The lowest BCUT2D eigenvalue weighted by Gasteiger charge is -2.22. The first kappa shape index (κ1) is 24.5. The van der Waals surface area contributed by atoms with Gasteiger partial charge in [-0.25, -0.2) is 0 Å². The fraction of sp³-hybridized carbons (Fsp3) is 0.481. The summed E-state index contributed by atoms with van der Waals surface area (Å²) < 4.78 is 0. The van der Waals surface area contributed by atoms with E-state index in [4.69, 9.17) is 4.99 Å². The van der Waals surface area contributed by atoms with E-state index in [1.54, 1.807) is 11.8 Å². The van der Waals surface area contributed by atoms with Crippen LogP contribution >= 0.6 is 11.8 Å². The van der Waals surface area contributed by atoms with Gasteiger partial charge in [-0.3, -0.25) is 9.79 Å². The van der Waals surface area contributed by atoms with Crippen molar-refractivity contribution in [3.8, 4) is 0 Å². The van der Waals surface area contributed by atoms with Gasteiger partial charge < -0.3 is 10.2 Å². The van der Waals surface area contributed by atoms with Gasteiger partial charge in [0.2, 0.25) is 0 Å². The first-order valence-corrected chi connectivity index (χ1v) is 12.9. The minimum atomic E-state index is -0.0189. The van der Waals surface area contributed by atoms with E-state index in [0.717, 1.165) is 42.3 Å². The van der Waals surface area contributed by atoms with Gasteiger partial charge in [0.1, 0.15) is 0 Å². The molecule has 3 rings (SSSR count). The predicted molar refractivity (Wildman–Crippen MR) is 137 cm³/mol. The largest absolute Gasteiger partial charge is 0.351 e. The highest BCUT2D eigenvalue weighted by Crippen LogP contribution is 2.41. The van der Waals surface area contributed by atoms with Gasteiger partial charge in [-0.2, -0.15) is 0 Å². The highest BCUT2D eigenvalue weighted by molar-refractivity contribution is 7.99. The van der Waals surface area contributed by atoms with Crippen LogP contribution in [-0.4, -0.2) is 42.7 Å². The Hall–Kier alpha value is -2.11. The second-order valence-electron chi connectivity index (χ2n) is 8.50. The molecule has 0 saturated carbocycles.